The number of nitrogens with one attached hydrogen (secondary N) is 3. The number of imidazole rings is 1. The standard InChI is InChI=1S/C24H28N8O2/c1-14(2)29-20-9-21(22-13-27-23-8-16(10-25)11-28-32(22)23)26-12-19(20)24(34)31-18-6-4-17(5-7-18)30-15(3)33/h8-9,11-14,17-18H,4-7H2,1-3H3,(H,26,29)(H,30,33)(H,31,34). The summed E-state index contributed by atoms with van der Waals surface area (Å²) in [7, 11) is 0. The molecule has 4 rings (SSSR count). The fraction of sp³-hybridized carbons (Fsp3) is 0.417. The van der Waals surface area contributed by atoms with Crippen LogP contribution in [0.5, 0.6) is 0 Å². The summed E-state index contributed by atoms with van der Waals surface area (Å²) in [6.07, 6.45) is 8.01. The van der Waals surface area contributed by atoms with E-state index in [1.54, 1.807) is 23.0 Å². The van der Waals surface area contributed by atoms with E-state index in [1.807, 2.05) is 19.9 Å². The molecule has 34 heavy (non-hydrogen) atoms. The summed E-state index contributed by atoms with van der Waals surface area (Å²) in [4.78, 5) is 33.3. The number of pyridine rings is 1. The lowest BCUT2D eigenvalue weighted by Gasteiger charge is -2.29. The van der Waals surface area contributed by atoms with Crippen LogP contribution in [-0.2, 0) is 4.79 Å². The van der Waals surface area contributed by atoms with Crippen molar-refractivity contribution in [3.8, 4) is 17.5 Å². The number of carbonyl (C=O) groups is 2. The van der Waals surface area contributed by atoms with E-state index >= 15 is 0 Å². The third-order valence-corrected chi connectivity index (χ3v) is 5.82. The average molecular weight is 461 g/mol. The maximum absolute atomic E-state index is 13.1. The molecule has 0 atom stereocenters. The number of nitrogens with zero attached hydrogens (tertiary/aromatic N) is 5. The molecule has 10 nitrogen and oxygen atoms in total. The van der Waals surface area contributed by atoms with E-state index in [2.05, 4.69) is 37.1 Å². The molecule has 1 aliphatic rings. The van der Waals surface area contributed by atoms with Crippen molar-refractivity contribution in [2.75, 3.05) is 5.32 Å². The first-order chi connectivity index (χ1) is 16.3. The number of amides is 2. The zero-order valence-corrected chi connectivity index (χ0v) is 19.5. The highest BCUT2D eigenvalue weighted by Crippen LogP contribution is 2.26. The van der Waals surface area contributed by atoms with Gasteiger partial charge in [-0.05, 0) is 45.6 Å². The summed E-state index contributed by atoms with van der Waals surface area (Å²) in [5.74, 6) is -0.199. The lowest BCUT2D eigenvalue weighted by Crippen LogP contribution is -2.43. The second-order valence-electron chi connectivity index (χ2n) is 8.91. The molecule has 3 aromatic rings. The van der Waals surface area contributed by atoms with Crippen molar-refractivity contribution >= 4 is 23.1 Å². The summed E-state index contributed by atoms with van der Waals surface area (Å²) in [6, 6.07) is 5.88. The largest absolute Gasteiger partial charge is 0.382 e. The van der Waals surface area contributed by atoms with Gasteiger partial charge in [0.05, 0.1) is 34.9 Å². The molecule has 10 heteroatoms. The molecule has 0 bridgehead atoms. The van der Waals surface area contributed by atoms with E-state index in [9.17, 15) is 9.59 Å². The Morgan fingerprint density at radius 1 is 1.06 bits per heavy atom. The number of fused-ring (bicyclic) bond motifs is 1. The highest BCUT2D eigenvalue weighted by atomic mass is 16.2. The Hall–Kier alpha value is -4.00. The van der Waals surface area contributed by atoms with Crippen molar-refractivity contribution < 1.29 is 9.59 Å². The Morgan fingerprint density at radius 2 is 1.76 bits per heavy atom. The number of anilines is 1. The van der Waals surface area contributed by atoms with Crippen LogP contribution in [0.1, 0.15) is 62.4 Å². The number of rotatable bonds is 6. The van der Waals surface area contributed by atoms with Crippen LogP contribution in [0.25, 0.3) is 17.0 Å². The fourth-order valence-electron chi connectivity index (χ4n) is 4.25. The lowest BCUT2D eigenvalue weighted by molar-refractivity contribution is -0.119. The van der Waals surface area contributed by atoms with E-state index in [4.69, 9.17) is 5.26 Å². The van der Waals surface area contributed by atoms with Crippen molar-refractivity contribution in [2.45, 2.75) is 64.6 Å². The number of hydrogen-bond donors (Lipinski definition) is 3. The molecule has 1 fully saturated rings. The molecule has 0 saturated heterocycles. The van der Waals surface area contributed by atoms with Gasteiger partial charge in [0, 0.05) is 37.3 Å². The third kappa shape index (κ3) is 5.14. The number of aromatic nitrogens is 4. The van der Waals surface area contributed by atoms with Crippen LogP contribution in [0.3, 0.4) is 0 Å². The first kappa shape index (κ1) is 23.2. The average Bonchev–Trinajstić information content (AvgIpc) is 3.22. The monoisotopic (exact) mass is 460 g/mol. The van der Waals surface area contributed by atoms with Gasteiger partial charge in [0.25, 0.3) is 5.91 Å². The van der Waals surface area contributed by atoms with Crippen LogP contribution in [0, 0.1) is 11.3 Å². The predicted molar refractivity (Wildman–Crippen MR) is 127 cm³/mol. The molecule has 0 aliphatic heterocycles. The summed E-state index contributed by atoms with van der Waals surface area (Å²) in [6.45, 7) is 5.54. The molecular formula is C24H28N8O2. The minimum Gasteiger partial charge on any atom is -0.382 e. The summed E-state index contributed by atoms with van der Waals surface area (Å²) in [5.41, 5.74) is 3.39. The van der Waals surface area contributed by atoms with Crippen molar-refractivity contribution in [3.63, 3.8) is 0 Å². The van der Waals surface area contributed by atoms with Crippen LogP contribution in [-0.4, -0.2) is 49.5 Å². The van der Waals surface area contributed by atoms with Crippen molar-refractivity contribution in [1.82, 2.24) is 30.2 Å². The molecular weight excluding hydrogens is 432 g/mol. The van der Waals surface area contributed by atoms with Crippen LogP contribution >= 0.6 is 0 Å². The molecule has 0 radical (unpaired) electrons. The number of hydrogen-bond acceptors (Lipinski definition) is 7. The second-order valence-corrected chi connectivity index (χ2v) is 8.91. The third-order valence-electron chi connectivity index (χ3n) is 5.82. The molecule has 3 N–H and O–H groups in total. The normalized spacial score (nSPS) is 17.9. The highest BCUT2D eigenvalue weighted by molar-refractivity contribution is 6.00. The first-order valence-electron chi connectivity index (χ1n) is 11.4. The van der Waals surface area contributed by atoms with Gasteiger partial charge in [-0.1, -0.05) is 0 Å². The molecule has 1 aliphatic carbocycles. The van der Waals surface area contributed by atoms with Crippen LogP contribution in [0.15, 0.2) is 30.7 Å². The zero-order chi connectivity index (χ0) is 24.2. The van der Waals surface area contributed by atoms with Gasteiger partial charge in [-0.15, -0.1) is 0 Å². The minimum atomic E-state index is -0.180. The summed E-state index contributed by atoms with van der Waals surface area (Å²) in [5, 5.41) is 22.8. The molecule has 176 valence electrons. The van der Waals surface area contributed by atoms with E-state index in [0.29, 0.717) is 33.8 Å². The van der Waals surface area contributed by atoms with E-state index in [1.165, 1.54) is 13.1 Å². The Labute approximate surface area is 197 Å². The van der Waals surface area contributed by atoms with Crippen LogP contribution < -0.4 is 16.0 Å². The summed E-state index contributed by atoms with van der Waals surface area (Å²) < 4.78 is 1.62. The van der Waals surface area contributed by atoms with Gasteiger partial charge < -0.3 is 16.0 Å². The molecule has 1 saturated carbocycles. The van der Waals surface area contributed by atoms with Gasteiger partial charge in [-0.2, -0.15) is 10.4 Å². The smallest absolute Gasteiger partial charge is 0.255 e. The second kappa shape index (κ2) is 9.87. The van der Waals surface area contributed by atoms with Crippen molar-refractivity contribution in [2.24, 2.45) is 0 Å². The molecule has 0 aromatic carbocycles. The van der Waals surface area contributed by atoms with Gasteiger partial charge in [0.2, 0.25) is 5.91 Å². The Morgan fingerprint density at radius 3 is 2.41 bits per heavy atom. The van der Waals surface area contributed by atoms with Crippen LogP contribution in [0.2, 0.25) is 0 Å². The molecule has 0 unspecified atom stereocenters. The Bertz CT molecular complexity index is 1250. The molecule has 3 aromatic heterocycles. The van der Waals surface area contributed by atoms with Crippen molar-refractivity contribution in [1.29, 1.82) is 5.26 Å². The van der Waals surface area contributed by atoms with Gasteiger partial charge in [-0.3, -0.25) is 14.6 Å². The molecule has 0 spiro atoms. The first-order valence-corrected chi connectivity index (χ1v) is 11.4. The van der Waals surface area contributed by atoms with Crippen LogP contribution in [0.4, 0.5) is 5.69 Å². The highest BCUT2D eigenvalue weighted by Gasteiger charge is 2.24. The number of nitriles is 1. The SMILES string of the molecule is CC(=O)NC1CCC(NC(=O)c2cnc(-c3cnc4cc(C#N)cnn34)cc2NC(C)C)CC1. The number of carbonyl (C=O) groups excluding carboxylic acids is 2. The maximum Gasteiger partial charge on any atom is 0.255 e. The maximum atomic E-state index is 13.1. The lowest BCUT2D eigenvalue weighted by atomic mass is 9.91. The fourth-order valence-corrected chi connectivity index (χ4v) is 4.25. The van der Waals surface area contributed by atoms with E-state index in [-0.39, 0.29) is 29.9 Å². The van der Waals surface area contributed by atoms with Crippen molar-refractivity contribution in [3.05, 3.63) is 41.9 Å². The van der Waals surface area contributed by atoms with E-state index < -0.39 is 0 Å². The zero-order valence-electron chi connectivity index (χ0n) is 19.5. The topological polar surface area (TPSA) is 137 Å². The predicted octanol–water partition coefficient (Wildman–Crippen LogP) is 2.66. The molecule has 3 heterocycles. The Balaban J connectivity index is 1.55. The van der Waals surface area contributed by atoms with Gasteiger partial charge in [-0.25, -0.2) is 9.50 Å². The molecule has 2 amide bonds. The van der Waals surface area contributed by atoms with Gasteiger partial charge in [0.1, 0.15) is 11.8 Å². The van der Waals surface area contributed by atoms with Gasteiger partial charge >= 0.3 is 0 Å². The van der Waals surface area contributed by atoms with Gasteiger partial charge in [0.15, 0.2) is 5.65 Å². The Kier molecular flexibility index (Phi) is 6.72. The van der Waals surface area contributed by atoms with E-state index in [0.717, 1.165) is 25.7 Å². The summed E-state index contributed by atoms with van der Waals surface area (Å²) >= 11 is 0. The quantitative estimate of drug-likeness (QED) is 0.514. The minimum absolute atomic E-state index is 0.0188.